The number of amides is 1. The fraction of sp³-hybridized carbons (Fsp3) is 0.190. The standard InChI is InChI=1S/C21H19NO4S2/c1-14-7-9-16(10-8-14)26-17-5-2-4-15(12-17)13-18-20(25)22(21(27)28-18)11-3-6-19(23)24/h2,4-5,7-10,12-13H,3,6,11H2,1H3,(H,23,24). The highest BCUT2D eigenvalue weighted by Gasteiger charge is 2.31. The summed E-state index contributed by atoms with van der Waals surface area (Å²) >= 11 is 6.50. The maximum atomic E-state index is 12.6. The third-order valence-electron chi connectivity index (χ3n) is 4.06. The van der Waals surface area contributed by atoms with Crippen LogP contribution in [0.4, 0.5) is 0 Å². The third kappa shape index (κ3) is 5.21. The molecule has 1 aliphatic heterocycles. The fourth-order valence-electron chi connectivity index (χ4n) is 2.64. The first-order chi connectivity index (χ1) is 13.4. The Morgan fingerprint density at radius 3 is 2.68 bits per heavy atom. The summed E-state index contributed by atoms with van der Waals surface area (Å²) in [6, 6.07) is 15.2. The highest BCUT2D eigenvalue weighted by atomic mass is 32.2. The molecule has 2 aromatic rings. The number of carboxylic acid groups (broad SMARTS) is 1. The topological polar surface area (TPSA) is 66.8 Å². The molecule has 0 aromatic heterocycles. The molecule has 0 aliphatic carbocycles. The van der Waals surface area contributed by atoms with E-state index in [1.807, 2.05) is 55.5 Å². The van der Waals surface area contributed by atoms with Gasteiger partial charge < -0.3 is 9.84 Å². The molecule has 144 valence electrons. The molecule has 0 unspecified atom stereocenters. The molecule has 1 N–H and O–H groups in total. The summed E-state index contributed by atoms with van der Waals surface area (Å²) in [6.45, 7) is 2.33. The summed E-state index contributed by atoms with van der Waals surface area (Å²) in [6.07, 6.45) is 2.15. The molecular weight excluding hydrogens is 394 g/mol. The van der Waals surface area contributed by atoms with Gasteiger partial charge in [0.05, 0.1) is 4.91 Å². The number of aryl methyl sites for hydroxylation is 1. The zero-order valence-electron chi connectivity index (χ0n) is 15.3. The number of carboxylic acids is 1. The van der Waals surface area contributed by atoms with Crippen LogP contribution >= 0.6 is 24.0 Å². The van der Waals surface area contributed by atoms with Crippen molar-refractivity contribution in [3.8, 4) is 11.5 Å². The zero-order chi connectivity index (χ0) is 20.1. The van der Waals surface area contributed by atoms with E-state index in [1.165, 1.54) is 16.7 Å². The van der Waals surface area contributed by atoms with Crippen LogP contribution in [-0.2, 0) is 9.59 Å². The average Bonchev–Trinajstić information content (AvgIpc) is 2.91. The van der Waals surface area contributed by atoms with Crippen molar-refractivity contribution in [2.24, 2.45) is 0 Å². The minimum Gasteiger partial charge on any atom is -0.481 e. The quantitative estimate of drug-likeness (QED) is 0.517. The molecule has 1 fully saturated rings. The van der Waals surface area contributed by atoms with Crippen LogP contribution < -0.4 is 4.74 Å². The van der Waals surface area contributed by atoms with Gasteiger partial charge in [-0.1, -0.05) is 53.8 Å². The summed E-state index contributed by atoms with van der Waals surface area (Å²) in [4.78, 5) is 25.2. The highest BCUT2D eigenvalue weighted by molar-refractivity contribution is 8.26. The normalized spacial score (nSPS) is 15.3. The maximum Gasteiger partial charge on any atom is 0.303 e. The Kier molecular flexibility index (Phi) is 6.49. The molecule has 0 bridgehead atoms. The number of hydrogen-bond acceptors (Lipinski definition) is 5. The SMILES string of the molecule is Cc1ccc(Oc2cccc(C=C3SC(=S)N(CCCC(=O)O)C3=O)c2)cc1. The van der Waals surface area contributed by atoms with Crippen LogP contribution in [0.1, 0.15) is 24.0 Å². The van der Waals surface area contributed by atoms with Gasteiger partial charge in [0.25, 0.3) is 5.91 Å². The molecule has 0 radical (unpaired) electrons. The Hall–Kier alpha value is -2.64. The van der Waals surface area contributed by atoms with Crippen molar-refractivity contribution in [3.05, 3.63) is 64.6 Å². The van der Waals surface area contributed by atoms with Crippen LogP contribution in [0.5, 0.6) is 11.5 Å². The van der Waals surface area contributed by atoms with E-state index < -0.39 is 5.97 Å². The largest absolute Gasteiger partial charge is 0.481 e. The van der Waals surface area contributed by atoms with E-state index in [0.717, 1.165) is 16.9 Å². The number of rotatable bonds is 7. The molecule has 0 saturated carbocycles. The minimum absolute atomic E-state index is 0.00843. The molecule has 0 spiro atoms. The predicted molar refractivity (Wildman–Crippen MR) is 114 cm³/mol. The second-order valence-electron chi connectivity index (χ2n) is 6.32. The van der Waals surface area contributed by atoms with E-state index in [4.69, 9.17) is 22.1 Å². The Morgan fingerprint density at radius 2 is 1.96 bits per heavy atom. The second kappa shape index (κ2) is 9.03. The first-order valence-electron chi connectivity index (χ1n) is 8.74. The first-order valence-corrected chi connectivity index (χ1v) is 9.96. The van der Waals surface area contributed by atoms with Gasteiger partial charge in [-0.15, -0.1) is 0 Å². The Balaban J connectivity index is 1.71. The molecule has 3 rings (SSSR count). The predicted octanol–water partition coefficient (Wildman–Crippen LogP) is 4.85. The number of hydrogen-bond donors (Lipinski definition) is 1. The lowest BCUT2D eigenvalue weighted by atomic mass is 10.2. The Morgan fingerprint density at radius 1 is 1.21 bits per heavy atom. The maximum absolute atomic E-state index is 12.6. The van der Waals surface area contributed by atoms with Crippen molar-refractivity contribution >= 4 is 46.3 Å². The van der Waals surface area contributed by atoms with Crippen LogP contribution in [-0.4, -0.2) is 32.7 Å². The van der Waals surface area contributed by atoms with Crippen LogP contribution in [0.25, 0.3) is 6.08 Å². The third-order valence-corrected chi connectivity index (χ3v) is 5.44. The first kappa shape index (κ1) is 20.1. The van der Waals surface area contributed by atoms with Crippen LogP contribution in [0.2, 0.25) is 0 Å². The van der Waals surface area contributed by atoms with Crippen molar-refractivity contribution in [1.29, 1.82) is 0 Å². The van der Waals surface area contributed by atoms with Crippen molar-refractivity contribution in [3.63, 3.8) is 0 Å². The monoisotopic (exact) mass is 413 g/mol. The van der Waals surface area contributed by atoms with Gasteiger partial charge in [-0.2, -0.15) is 0 Å². The van der Waals surface area contributed by atoms with E-state index in [9.17, 15) is 9.59 Å². The van der Waals surface area contributed by atoms with Crippen molar-refractivity contribution < 1.29 is 19.4 Å². The summed E-state index contributed by atoms with van der Waals surface area (Å²) in [5.74, 6) is 0.346. The van der Waals surface area contributed by atoms with E-state index >= 15 is 0 Å². The van der Waals surface area contributed by atoms with E-state index in [-0.39, 0.29) is 12.3 Å². The lowest BCUT2D eigenvalue weighted by Gasteiger charge is -2.13. The fourth-order valence-corrected chi connectivity index (χ4v) is 3.95. The lowest BCUT2D eigenvalue weighted by molar-refractivity contribution is -0.137. The van der Waals surface area contributed by atoms with E-state index in [1.54, 1.807) is 6.08 Å². The highest BCUT2D eigenvalue weighted by Crippen LogP contribution is 2.33. The molecule has 1 amide bonds. The second-order valence-corrected chi connectivity index (χ2v) is 7.99. The molecule has 0 atom stereocenters. The van der Waals surface area contributed by atoms with Gasteiger partial charge in [0.1, 0.15) is 15.8 Å². The number of ether oxygens (including phenoxy) is 1. The van der Waals surface area contributed by atoms with E-state index in [2.05, 4.69) is 0 Å². The van der Waals surface area contributed by atoms with Crippen LogP contribution in [0, 0.1) is 6.92 Å². The van der Waals surface area contributed by atoms with Gasteiger partial charge in [-0.05, 0) is 49.2 Å². The number of thioether (sulfide) groups is 1. The Labute approximate surface area is 173 Å². The Bertz CT molecular complexity index is 938. The number of thiocarbonyl (C=S) groups is 1. The minimum atomic E-state index is -0.883. The molecule has 5 nitrogen and oxygen atoms in total. The van der Waals surface area contributed by atoms with Gasteiger partial charge in [-0.3, -0.25) is 14.5 Å². The van der Waals surface area contributed by atoms with Gasteiger partial charge >= 0.3 is 5.97 Å². The number of benzene rings is 2. The van der Waals surface area contributed by atoms with Crippen molar-refractivity contribution in [2.45, 2.75) is 19.8 Å². The van der Waals surface area contributed by atoms with Gasteiger partial charge in [0, 0.05) is 13.0 Å². The average molecular weight is 414 g/mol. The van der Waals surface area contributed by atoms with Crippen molar-refractivity contribution in [1.82, 2.24) is 4.90 Å². The molecule has 1 heterocycles. The molecular formula is C21H19NO4S2. The number of nitrogens with zero attached hydrogens (tertiary/aromatic N) is 1. The molecule has 7 heteroatoms. The summed E-state index contributed by atoms with van der Waals surface area (Å²) < 4.78 is 6.32. The van der Waals surface area contributed by atoms with E-state index in [0.29, 0.717) is 27.9 Å². The molecule has 2 aromatic carbocycles. The molecule has 1 saturated heterocycles. The van der Waals surface area contributed by atoms with Crippen LogP contribution in [0.3, 0.4) is 0 Å². The van der Waals surface area contributed by atoms with Crippen molar-refractivity contribution in [2.75, 3.05) is 6.54 Å². The van der Waals surface area contributed by atoms with Gasteiger partial charge in [0.15, 0.2) is 0 Å². The summed E-state index contributed by atoms with van der Waals surface area (Å²) in [5.41, 5.74) is 1.99. The zero-order valence-corrected chi connectivity index (χ0v) is 16.9. The molecule has 1 aliphatic rings. The smallest absolute Gasteiger partial charge is 0.303 e. The molecule has 28 heavy (non-hydrogen) atoms. The van der Waals surface area contributed by atoms with Crippen LogP contribution in [0.15, 0.2) is 53.4 Å². The number of carbonyl (C=O) groups is 2. The van der Waals surface area contributed by atoms with Gasteiger partial charge in [-0.25, -0.2) is 0 Å². The summed E-state index contributed by atoms with van der Waals surface area (Å²) in [7, 11) is 0. The number of carbonyl (C=O) groups excluding carboxylic acids is 1. The van der Waals surface area contributed by atoms with Gasteiger partial charge in [0.2, 0.25) is 0 Å². The summed E-state index contributed by atoms with van der Waals surface area (Å²) in [5, 5.41) is 8.75. The lowest BCUT2D eigenvalue weighted by Crippen LogP contribution is -2.29. The number of aliphatic carboxylic acids is 1.